The van der Waals surface area contributed by atoms with Crippen molar-refractivity contribution in [3.05, 3.63) is 48.6 Å². The van der Waals surface area contributed by atoms with Crippen LogP contribution in [0.2, 0.25) is 0 Å². The Hall–Kier alpha value is -1.65. The van der Waals surface area contributed by atoms with Crippen LogP contribution >= 0.6 is 0 Å². The molecule has 0 saturated heterocycles. The fourth-order valence-corrected chi connectivity index (χ4v) is 2.29. The highest BCUT2D eigenvalue weighted by Gasteiger charge is 2.11. The van der Waals surface area contributed by atoms with Crippen LogP contribution in [0.3, 0.4) is 0 Å². The third kappa shape index (κ3) is 18.9. The molecule has 27 heavy (non-hydrogen) atoms. The van der Waals surface area contributed by atoms with Crippen LogP contribution in [0.4, 0.5) is 0 Å². The van der Waals surface area contributed by atoms with Gasteiger partial charge < -0.3 is 9.84 Å². The molecular formula is C23H37O4. The van der Waals surface area contributed by atoms with Gasteiger partial charge in [-0.3, -0.25) is 4.79 Å². The van der Waals surface area contributed by atoms with Crippen molar-refractivity contribution in [1.82, 2.24) is 0 Å². The maximum absolute atomic E-state index is 11.4. The molecule has 0 fully saturated rings. The number of allylic oxidation sites excluding steroid dienone is 8. The van der Waals surface area contributed by atoms with Crippen molar-refractivity contribution in [2.75, 3.05) is 13.2 Å². The Kier molecular flexibility index (Phi) is 19.4. The van der Waals surface area contributed by atoms with Gasteiger partial charge in [0.05, 0.1) is 6.61 Å². The van der Waals surface area contributed by atoms with E-state index in [-0.39, 0.29) is 6.42 Å². The van der Waals surface area contributed by atoms with Crippen molar-refractivity contribution in [2.24, 2.45) is 0 Å². The van der Waals surface area contributed by atoms with Crippen molar-refractivity contribution in [3.8, 4) is 0 Å². The van der Waals surface area contributed by atoms with Crippen LogP contribution in [0.15, 0.2) is 48.6 Å². The van der Waals surface area contributed by atoms with Gasteiger partial charge >= 0.3 is 5.97 Å². The van der Waals surface area contributed by atoms with Gasteiger partial charge in [0, 0.05) is 6.42 Å². The largest absolute Gasteiger partial charge is 0.457 e. The summed E-state index contributed by atoms with van der Waals surface area (Å²) in [6.07, 6.45) is 26.1. The van der Waals surface area contributed by atoms with Crippen LogP contribution in [-0.2, 0) is 14.6 Å². The van der Waals surface area contributed by atoms with E-state index in [4.69, 9.17) is 9.84 Å². The minimum Gasteiger partial charge on any atom is -0.457 e. The lowest BCUT2D eigenvalue weighted by Crippen LogP contribution is -2.24. The highest BCUT2D eigenvalue weighted by Crippen LogP contribution is 2.03. The first kappa shape index (κ1) is 25.4. The molecule has 1 radical (unpaired) electrons. The molecule has 4 heteroatoms. The zero-order valence-electron chi connectivity index (χ0n) is 16.9. The zero-order chi connectivity index (χ0) is 20.0. The minimum absolute atomic E-state index is 0.272. The predicted octanol–water partition coefficient (Wildman–Crippen LogP) is 5.47. The molecule has 0 aromatic heterocycles. The summed E-state index contributed by atoms with van der Waals surface area (Å²) in [5.41, 5.74) is 0. The van der Waals surface area contributed by atoms with Crippen LogP contribution in [0, 0.1) is 0 Å². The number of unbranched alkanes of at least 4 members (excludes halogenated alkanes) is 4. The van der Waals surface area contributed by atoms with Crippen LogP contribution in [-0.4, -0.2) is 30.4 Å². The van der Waals surface area contributed by atoms with Gasteiger partial charge in [-0.15, -0.1) is 0 Å². The quantitative estimate of drug-likeness (QED) is 0.208. The summed E-state index contributed by atoms with van der Waals surface area (Å²) in [7, 11) is 0. The molecule has 153 valence electrons. The molecule has 1 N–H and O–H groups in total. The molecule has 4 nitrogen and oxygen atoms in total. The molecule has 0 aromatic rings. The molecule has 0 spiro atoms. The lowest BCUT2D eigenvalue weighted by Gasteiger charge is -2.11. The number of carbonyl (C=O) groups excluding carboxylic acids is 1. The summed E-state index contributed by atoms with van der Waals surface area (Å²) in [4.78, 5) is 11.4. The van der Waals surface area contributed by atoms with E-state index in [1.54, 1.807) is 0 Å². The van der Waals surface area contributed by atoms with Gasteiger partial charge in [-0.1, -0.05) is 68.4 Å². The number of aliphatic hydroxyl groups is 1. The molecule has 0 heterocycles. The number of aliphatic hydroxyl groups excluding tert-OH is 1. The summed E-state index contributed by atoms with van der Waals surface area (Å²) in [5.74, 6) is -0.416. The molecule has 1 atom stereocenters. The van der Waals surface area contributed by atoms with Gasteiger partial charge in [-0.05, 0) is 44.9 Å². The second-order valence-electron chi connectivity index (χ2n) is 6.44. The topological polar surface area (TPSA) is 66.4 Å². The van der Waals surface area contributed by atoms with Crippen LogP contribution in [0.5, 0.6) is 0 Å². The molecule has 0 aliphatic carbocycles. The fraction of sp³-hybridized carbons (Fsp3) is 0.609. The molecule has 0 amide bonds. The molecule has 1 unspecified atom stereocenters. The monoisotopic (exact) mass is 377 g/mol. The molecule has 0 rings (SSSR count). The molecule has 0 bridgehead atoms. The Morgan fingerprint density at radius 3 is 1.85 bits per heavy atom. The molecule has 0 aromatic carbocycles. The van der Waals surface area contributed by atoms with E-state index in [1.165, 1.54) is 25.7 Å². The Balaban J connectivity index is 3.55. The van der Waals surface area contributed by atoms with Gasteiger partial charge in [0.2, 0.25) is 0 Å². The normalized spacial score (nSPS) is 12.4. The molecular weight excluding hydrogens is 340 g/mol. The van der Waals surface area contributed by atoms with Crippen LogP contribution in [0.25, 0.3) is 0 Å². The predicted molar refractivity (Wildman–Crippen MR) is 111 cm³/mol. The van der Waals surface area contributed by atoms with E-state index in [1.807, 2.05) is 6.08 Å². The second kappa shape index (κ2) is 20.7. The van der Waals surface area contributed by atoms with Crippen LogP contribution < -0.4 is 0 Å². The summed E-state index contributed by atoms with van der Waals surface area (Å²) in [6.45, 7) is 1.22. The average Bonchev–Trinajstić information content (AvgIpc) is 2.68. The van der Waals surface area contributed by atoms with Gasteiger partial charge in [0.1, 0.15) is 6.61 Å². The lowest BCUT2D eigenvalue weighted by molar-refractivity contribution is -0.154. The Labute approximate surface area is 165 Å². The molecule has 0 aliphatic heterocycles. The smallest absolute Gasteiger partial charge is 0.306 e. The lowest BCUT2D eigenvalue weighted by atomic mass is 10.2. The SMILES string of the molecule is CCCCCC=CCC=CCC=CCC=CCCCC(=O)OC(C[O])CO. The number of rotatable bonds is 17. The van der Waals surface area contributed by atoms with E-state index in [2.05, 4.69) is 49.5 Å². The Morgan fingerprint density at radius 2 is 1.37 bits per heavy atom. The van der Waals surface area contributed by atoms with Gasteiger partial charge in [0.25, 0.3) is 0 Å². The van der Waals surface area contributed by atoms with Crippen molar-refractivity contribution < 1.29 is 19.7 Å². The molecule has 0 saturated carbocycles. The number of ether oxygens (including phenoxy) is 1. The highest BCUT2D eigenvalue weighted by molar-refractivity contribution is 5.69. The number of hydrogen-bond donors (Lipinski definition) is 1. The van der Waals surface area contributed by atoms with Gasteiger partial charge in [-0.25, -0.2) is 5.11 Å². The zero-order valence-corrected chi connectivity index (χ0v) is 16.9. The Morgan fingerprint density at radius 1 is 0.852 bits per heavy atom. The van der Waals surface area contributed by atoms with E-state index >= 15 is 0 Å². The minimum atomic E-state index is -0.908. The number of carbonyl (C=O) groups is 1. The standard InChI is InChI=1S/C23H37O4/c1-2-3-4-5-6-7-8-9-10-11-12-13-14-15-16-17-18-19-23(26)27-22(20-24)21-25/h6-7,9-10,12-13,15-16,22,24H,2-5,8,11,14,17-21H2,1H3. The molecule has 0 aliphatic rings. The van der Waals surface area contributed by atoms with Crippen molar-refractivity contribution >= 4 is 5.97 Å². The number of esters is 1. The van der Waals surface area contributed by atoms with E-state index in [9.17, 15) is 9.90 Å². The third-order valence-corrected chi connectivity index (χ3v) is 3.90. The maximum atomic E-state index is 11.4. The summed E-state index contributed by atoms with van der Waals surface area (Å²) < 4.78 is 4.83. The first-order valence-electron chi connectivity index (χ1n) is 10.2. The average molecular weight is 378 g/mol. The fourth-order valence-electron chi connectivity index (χ4n) is 2.29. The van der Waals surface area contributed by atoms with E-state index < -0.39 is 25.3 Å². The van der Waals surface area contributed by atoms with Gasteiger partial charge in [-0.2, -0.15) is 0 Å². The first-order chi connectivity index (χ1) is 13.2. The van der Waals surface area contributed by atoms with Crippen LogP contribution in [0.1, 0.15) is 71.1 Å². The van der Waals surface area contributed by atoms with E-state index in [0.717, 1.165) is 25.7 Å². The highest BCUT2D eigenvalue weighted by atomic mass is 16.6. The maximum Gasteiger partial charge on any atom is 0.306 e. The van der Waals surface area contributed by atoms with Crippen molar-refractivity contribution in [2.45, 2.75) is 77.2 Å². The first-order valence-corrected chi connectivity index (χ1v) is 10.2. The summed E-state index contributed by atoms with van der Waals surface area (Å²) in [5, 5.41) is 19.4. The van der Waals surface area contributed by atoms with Crippen molar-refractivity contribution in [3.63, 3.8) is 0 Å². The van der Waals surface area contributed by atoms with Gasteiger partial charge in [0.15, 0.2) is 6.10 Å². The Bertz CT molecular complexity index is 445. The second-order valence-corrected chi connectivity index (χ2v) is 6.44. The number of hydrogen-bond acceptors (Lipinski definition) is 3. The third-order valence-electron chi connectivity index (χ3n) is 3.90. The summed E-state index contributed by atoms with van der Waals surface area (Å²) in [6, 6.07) is 0. The summed E-state index contributed by atoms with van der Waals surface area (Å²) >= 11 is 0. The van der Waals surface area contributed by atoms with E-state index in [0.29, 0.717) is 6.42 Å². The van der Waals surface area contributed by atoms with Crippen molar-refractivity contribution in [1.29, 1.82) is 0 Å².